The van der Waals surface area contributed by atoms with Crippen LogP contribution in [0.2, 0.25) is 0 Å². The zero-order valence-corrected chi connectivity index (χ0v) is 12.1. The molecule has 17 heavy (non-hydrogen) atoms. The third-order valence-corrected chi connectivity index (χ3v) is 4.36. The van der Waals surface area contributed by atoms with Gasteiger partial charge in [-0.05, 0) is 42.7 Å². The van der Waals surface area contributed by atoms with Crippen molar-refractivity contribution in [3.05, 3.63) is 29.8 Å². The lowest BCUT2D eigenvalue weighted by Crippen LogP contribution is -2.29. The molecule has 1 aromatic rings. The molecule has 0 radical (unpaired) electrons. The van der Waals surface area contributed by atoms with Gasteiger partial charge in [-0.25, -0.2) is 0 Å². The maximum atomic E-state index is 5.94. The summed E-state index contributed by atoms with van der Waals surface area (Å²) in [6.45, 7) is 7.35. The van der Waals surface area contributed by atoms with Crippen molar-refractivity contribution in [2.75, 3.05) is 12.4 Å². The van der Waals surface area contributed by atoms with Crippen LogP contribution < -0.4 is 4.74 Å². The van der Waals surface area contributed by atoms with Crippen LogP contribution in [0.15, 0.2) is 24.3 Å². The van der Waals surface area contributed by atoms with Crippen molar-refractivity contribution < 1.29 is 4.74 Å². The van der Waals surface area contributed by atoms with Crippen LogP contribution in [0.1, 0.15) is 39.2 Å². The highest BCUT2D eigenvalue weighted by Gasteiger charge is 2.25. The summed E-state index contributed by atoms with van der Waals surface area (Å²) in [6.07, 6.45) is 3.28. The predicted octanol–water partition coefficient (Wildman–Crippen LogP) is 4.36. The van der Waals surface area contributed by atoms with Gasteiger partial charge in [0.2, 0.25) is 0 Å². The third kappa shape index (κ3) is 3.95. The Morgan fingerprint density at radius 2 is 1.88 bits per heavy atom. The second-order valence-corrected chi connectivity index (χ2v) is 4.97. The smallest absolute Gasteiger partial charge is 0.119 e. The van der Waals surface area contributed by atoms with Gasteiger partial charge in [0.25, 0.3) is 0 Å². The Morgan fingerprint density at radius 3 is 2.41 bits per heavy atom. The topological polar surface area (TPSA) is 9.23 Å². The number of thiol groups is 1. The van der Waals surface area contributed by atoms with Crippen molar-refractivity contribution >= 4 is 12.6 Å². The lowest BCUT2D eigenvalue weighted by Gasteiger charge is -2.29. The molecule has 0 amide bonds. The van der Waals surface area contributed by atoms with E-state index in [1.54, 1.807) is 0 Å². The molecule has 0 saturated heterocycles. The van der Waals surface area contributed by atoms with E-state index in [1.165, 1.54) is 5.56 Å². The van der Waals surface area contributed by atoms with E-state index < -0.39 is 0 Å². The molecule has 0 aliphatic rings. The summed E-state index contributed by atoms with van der Waals surface area (Å²) < 4.78 is 5.94. The van der Waals surface area contributed by atoms with Crippen LogP contribution in [0, 0.1) is 5.41 Å². The number of rotatable bonds is 7. The van der Waals surface area contributed by atoms with Gasteiger partial charge in [0.1, 0.15) is 5.75 Å². The van der Waals surface area contributed by atoms with E-state index in [0.29, 0.717) is 0 Å². The molecule has 0 heterocycles. The SMILES string of the molecule is CCc1cccc(OCC(CC)(CC)CS)c1. The molecule has 0 bridgehead atoms. The standard InChI is InChI=1S/C15H24OS/c1-4-13-8-7-9-14(10-13)16-11-15(5-2,6-3)12-17/h7-10,17H,4-6,11-12H2,1-3H3. The number of hydrogen-bond donors (Lipinski definition) is 1. The summed E-state index contributed by atoms with van der Waals surface area (Å²) in [4.78, 5) is 0. The molecule has 0 saturated carbocycles. The molecule has 0 unspecified atom stereocenters. The van der Waals surface area contributed by atoms with E-state index in [1.807, 2.05) is 6.07 Å². The first-order valence-electron chi connectivity index (χ1n) is 6.52. The van der Waals surface area contributed by atoms with Crippen molar-refractivity contribution in [2.45, 2.75) is 40.0 Å². The highest BCUT2D eigenvalue weighted by molar-refractivity contribution is 7.80. The van der Waals surface area contributed by atoms with E-state index in [4.69, 9.17) is 4.74 Å². The van der Waals surface area contributed by atoms with Crippen LogP contribution in [-0.4, -0.2) is 12.4 Å². The first kappa shape index (κ1) is 14.4. The number of hydrogen-bond acceptors (Lipinski definition) is 2. The summed E-state index contributed by atoms with van der Waals surface area (Å²) >= 11 is 4.47. The van der Waals surface area contributed by atoms with Gasteiger partial charge in [-0.3, -0.25) is 0 Å². The molecule has 1 nitrogen and oxygen atoms in total. The first-order valence-corrected chi connectivity index (χ1v) is 7.15. The fourth-order valence-electron chi connectivity index (χ4n) is 1.81. The summed E-state index contributed by atoms with van der Waals surface area (Å²) in [5, 5.41) is 0. The Bertz CT molecular complexity index is 323. The van der Waals surface area contributed by atoms with Gasteiger partial charge in [-0.1, -0.05) is 32.9 Å². The van der Waals surface area contributed by atoms with Crippen LogP contribution in [0.4, 0.5) is 0 Å². The van der Waals surface area contributed by atoms with Crippen molar-refractivity contribution in [2.24, 2.45) is 5.41 Å². The van der Waals surface area contributed by atoms with Crippen molar-refractivity contribution in [3.8, 4) is 5.75 Å². The van der Waals surface area contributed by atoms with Crippen LogP contribution in [0.5, 0.6) is 5.75 Å². The molecule has 0 spiro atoms. The minimum absolute atomic E-state index is 0.214. The van der Waals surface area contributed by atoms with Gasteiger partial charge in [0, 0.05) is 5.41 Å². The normalized spacial score (nSPS) is 11.5. The van der Waals surface area contributed by atoms with Crippen LogP contribution >= 0.6 is 12.6 Å². The van der Waals surface area contributed by atoms with Gasteiger partial charge in [-0.2, -0.15) is 12.6 Å². The van der Waals surface area contributed by atoms with Crippen molar-refractivity contribution in [1.29, 1.82) is 0 Å². The molecule has 0 aromatic heterocycles. The first-order chi connectivity index (χ1) is 8.19. The number of ether oxygens (including phenoxy) is 1. The number of benzene rings is 1. The van der Waals surface area contributed by atoms with Gasteiger partial charge in [0.05, 0.1) is 6.61 Å². The average molecular weight is 252 g/mol. The van der Waals surface area contributed by atoms with Gasteiger partial charge < -0.3 is 4.74 Å². The zero-order valence-electron chi connectivity index (χ0n) is 11.2. The Labute approximate surface area is 111 Å². The average Bonchev–Trinajstić information content (AvgIpc) is 2.41. The maximum Gasteiger partial charge on any atom is 0.119 e. The Morgan fingerprint density at radius 1 is 1.18 bits per heavy atom. The fourth-order valence-corrected chi connectivity index (χ4v) is 2.35. The molecule has 0 aliphatic carbocycles. The van der Waals surface area contributed by atoms with Crippen LogP contribution in [0.3, 0.4) is 0 Å². The lowest BCUT2D eigenvalue weighted by molar-refractivity contribution is 0.157. The fraction of sp³-hybridized carbons (Fsp3) is 0.600. The summed E-state index contributed by atoms with van der Waals surface area (Å²) in [5.41, 5.74) is 1.54. The van der Waals surface area contributed by atoms with E-state index >= 15 is 0 Å². The van der Waals surface area contributed by atoms with Crippen LogP contribution in [-0.2, 0) is 6.42 Å². The van der Waals surface area contributed by atoms with Gasteiger partial charge >= 0.3 is 0 Å². The highest BCUT2D eigenvalue weighted by Crippen LogP contribution is 2.29. The second kappa shape index (κ2) is 6.95. The summed E-state index contributed by atoms with van der Waals surface area (Å²) in [5.74, 6) is 1.87. The summed E-state index contributed by atoms with van der Waals surface area (Å²) in [7, 11) is 0. The molecule has 0 fully saturated rings. The van der Waals surface area contributed by atoms with Gasteiger partial charge in [-0.15, -0.1) is 0 Å². The molecule has 1 aromatic carbocycles. The Hall–Kier alpha value is -0.630. The van der Waals surface area contributed by atoms with Crippen molar-refractivity contribution in [3.63, 3.8) is 0 Å². The molecule has 0 aliphatic heterocycles. The molecule has 1 rings (SSSR count). The lowest BCUT2D eigenvalue weighted by atomic mass is 9.85. The highest BCUT2D eigenvalue weighted by atomic mass is 32.1. The largest absolute Gasteiger partial charge is 0.493 e. The molecule has 96 valence electrons. The second-order valence-electron chi connectivity index (χ2n) is 4.65. The van der Waals surface area contributed by atoms with Gasteiger partial charge in [0.15, 0.2) is 0 Å². The zero-order chi connectivity index (χ0) is 12.7. The van der Waals surface area contributed by atoms with E-state index in [9.17, 15) is 0 Å². The van der Waals surface area contributed by atoms with E-state index in [-0.39, 0.29) is 5.41 Å². The van der Waals surface area contributed by atoms with Crippen molar-refractivity contribution in [1.82, 2.24) is 0 Å². The molecule has 0 atom stereocenters. The maximum absolute atomic E-state index is 5.94. The third-order valence-electron chi connectivity index (χ3n) is 3.69. The number of aryl methyl sites for hydroxylation is 1. The van der Waals surface area contributed by atoms with Crippen LogP contribution in [0.25, 0.3) is 0 Å². The Kier molecular flexibility index (Phi) is 5.90. The molecule has 2 heteroatoms. The minimum atomic E-state index is 0.214. The quantitative estimate of drug-likeness (QED) is 0.709. The predicted molar refractivity (Wildman–Crippen MR) is 78.2 cm³/mol. The molecular formula is C15H24OS. The Balaban J connectivity index is 2.65. The monoisotopic (exact) mass is 252 g/mol. The minimum Gasteiger partial charge on any atom is -0.493 e. The van der Waals surface area contributed by atoms with E-state index in [2.05, 4.69) is 51.6 Å². The summed E-state index contributed by atoms with van der Waals surface area (Å²) in [6, 6.07) is 8.37. The van der Waals surface area contributed by atoms with E-state index in [0.717, 1.165) is 37.4 Å². The molecular weight excluding hydrogens is 228 g/mol. The molecule has 0 N–H and O–H groups in total.